The van der Waals surface area contributed by atoms with Gasteiger partial charge in [0.2, 0.25) is 0 Å². The highest BCUT2D eigenvalue weighted by Crippen LogP contribution is 2.15. The summed E-state index contributed by atoms with van der Waals surface area (Å²) >= 11 is 6.04. The summed E-state index contributed by atoms with van der Waals surface area (Å²) in [5.74, 6) is 0.196. The number of hydrogen-bond acceptors (Lipinski definition) is 5. The molecule has 0 radical (unpaired) electrons. The summed E-state index contributed by atoms with van der Waals surface area (Å²) in [5.41, 5.74) is 2.52. The number of carbonyl (C=O) groups excluding carboxylic acids is 3. The van der Waals surface area contributed by atoms with Gasteiger partial charge in [0.25, 0.3) is 0 Å². The average Bonchev–Trinajstić information content (AvgIpc) is 2.97. The van der Waals surface area contributed by atoms with Crippen LogP contribution in [0.25, 0.3) is 0 Å². The van der Waals surface area contributed by atoms with Crippen molar-refractivity contribution in [3.8, 4) is 0 Å². The molecule has 218 valence electrons. The van der Waals surface area contributed by atoms with E-state index >= 15 is 0 Å². The maximum absolute atomic E-state index is 13.4. The maximum Gasteiger partial charge on any atom is 0.407 e. The maximum atomic E-state index is 13.4. The lowest BCUT2D eigenvalue weighted by Crippen LogP contribution is -2.53. The van der Waals surface area contributed by atoms with E-state index in [2.05, 4.69) is 10.6 Å². The number of hydrogen-bond donors (Lipinski definition) is 3. The number of benzene rings is 3. The van der Waals surface area contributed by atoms with E-state index in [4.69, 9.17) is 16.3 Å². The largest absolute Gasteiger partial charge is 0.445 e. The highest BCUT2D eigenvalue weighted by atomic mass is 35.5. The first-order chi connectivity index (χ1) is 19.7. The van der Waals surface area contributed by atoms with Crippen LogP contribution in [0, 0.1) is 5.92 Å². The summed E-state index contributed by atoms with van der Waals surface area (Å²) in [6, 6.07) is 23.8. The summed E-state index contributed by atoms with van der Waals surface area (Å²) in [6.45, 7) is 4.06. The Kier molecular flexibility index (Phi) is 12.7. The molecule has 9 heteroatoms. The molecule has 3 atom stereocenters. The van der Waals surface area contributed by atoms with Crippen molar-refractivity contribution >= 4 is 30.0 Å². The molecule has 3 N–H and O–H groups in total. The molecule has 8 nitrogen and oxygen atoms in total. The van der Waals surface area contributed by atoms with Crippen molar-refractivity contribution in [2.45, 2.75) is 58.0 Å². The van der Waals surface area contributed by atoms with E-state index in [-0.39, 0.29) is 25.6 Å². The summed E-state index contributed by atoms with van der Waals surface area (Å²) in [4.78, 5) is 39.2. The molecule has 0 heterocycles. The second kappa shape index (κ2) is 16.4. The number of aliphatic hydroxyl groups is 1. The molecule has 0 aliphatic carbocycles. The van der Waals surface area contributed by atoms with E-state index in [1.165, 1.54) is 4.90 Å². The number of halogens is 1. The summed E-state index contributed by atoms with van der Waals surface area (Å²) in [5, 5.41) is 17.5. The standard InChI is InChI=1S/C32H38ClN3O5/c1-23(2)17-28(21-37)34-31(39)36(19-25-13-15-27(33)16-14-25)20-30(38)29(18-24-9-5-3-6-10-24)35-32(40)41-22-26-11-7-4-8-12-26/h3-16,21,23,28-30,38H,17-20,22H2,1-2H3,(H,34,39)(H,35,40)/t28-,29?,30?/m0/s1. The number of nitrogens with one attached hydrogen (secondary N) is 2. The molecule has 0 saturated heterocycles. The Bertz CT molecular complexity index is 1230. The fourth-order valence-electron chi connectivity index (χ4n) is 4.36. The van der Waals surface area contributed by atoms with Gasteiger partial charge in [0.05, 0.1) is 24.7 Å². The van der Waals surface area contributed by atoms with E-state index in [1.807, 2.05) is 74.5 Å². The first-order valence-corrected chi connectivity index (χ1v) is 14.1. The Labute approximate surface area is 246 Å². The SMILES string of the molecule is CC(C)C[C@@H](C=O)NC(=O)N(Cc1ccc(Cl)cc1)CC(O)C(Cc1ccccc1)NC(=O)OCc1ccccc1. The average molecular weight is 580 g/mol. The lowest BCUT2D eigenvalue weighted by Gasteiger charge is -2.31. The topological polar surface area (TPSA) is 108 Å². The van der Waals surface area contributed by atoms with Crippen molar-refractivity contribution < 1.29 is 24.2 Å². The molecular formula is C32H38ClN3O5. The Morgan fingerprint density at radius 1 is 0.902 bits per heavy atom. The molecule has 0 fully saturated rings. The minimum Gasteiger partial charge on any atom is -0.445 e. The van der Waals surface area contributed by atoms with Crippen LogP contribution in [-0.4, -0.2) is 53.1 Å². The number of rotatable bonds is 14. The molecule has 3 rings (SSSR count). The van der Waals surface area contributed by atoms with Crippen molar-refractivity contribution in [2.75, 3.05) is 6.54 Å². The third kappa shape index (κ3) is 11.3. The molecule has 3 amide bonds. The van der Waals surface area contributed by atoms with Crippen molar-refractivity contribution in [2.24, 2.45) is 5.92 Å². The summed E-state index contributed by atoms with van der Waals surface area (Å²) < 4.78 is 5.40. The molecule has 3 aromatic carbocycles. The van der Waals surface area contributed by atoms with Crippen LogP contribution in [0.3, 0.4) is 0 Å². The van der Waals surface area contributed by atoms with Crippen LogP contribution in [-0.2, 0) is 29.1 Å². The van der Waals surface area contributed by atoms with Crippen LogP contribution in [0.5, 0.6) is 0 Å². The minimum absolute atomic E-state index is 0.0782. The predicted octanol–water partition coefficient (Wildman–Crippen LogP) is 5.36. The zero-order chi connectivity index (χ0) is 29.6. The number of nitrogens with zero attached hydrogens (tertiary/aromatic N) is 1. The lowest BCUT2D eigenvalue weighted by molar-refractivity contribution is -0.109. The number of aliphatic hydroxyl groups excluding tert-OH is 1. The zero-order valence-electron chi connectivity index (χ0n) is 23.4. The smallest absolute Gasteiger partial charge is 0.407 e. The van der Waals surface area contributed by atoms with Crippen LogP contribution >= 0.6 is 11.6 Å². The summed E-state index contributed by atoms with van der Waals surface area (Å²) in [6.07, 6.45) is -0.323. The molecule has 2 unspecified atom stereocenters. The van der Waals surface area contributed by atoms with Crippen molar-refractivity contribution in [3.05, 3.63) is 107 Å². The minimum atomic E-state index is -1.16. The molecule has 41 heavy (non-hydrogen) atoms. The van der Waals surface area contributed by atoms with E-state index in [9.17, 15) is 19.5 Å². The fraction of sp³-hybridized carbons (Fsp3) is 0.344. The highest BCUT2D eigenvalue weighted by molar-refractivity contribution is 6.30. The van der Waals surface area contributed by atoms with Gasteiger partial charge in [-0.3, -0.25) is 0 Å². The number of urea groups is 1. The first-order valence-electron chi connectivity index (χ1n) is 13.7. The quantitative estimate of drug-likeness (QED) is 0.223. The van der Waals surface area contributed by atoms with Gasteiger partial charge in [-0.2, -0.15) is 0 Å². The molecular weight excluding hydrogens is 542 g/mol. The van der Waals surface area contributed by atoms with Gasteiger partial charge in [-0.15, -0.1) is 0 Å². The van der Waals surface area contributed by atoms with Gasteiger partial charge in [0, 0.05) is 11.6 Å². The number of ether oxygens (including phenoxy) is 1. The number of aldehydes is 1. The highest BCUT2D eigenvalue weighted by Gasteiger charge is 2.28. The van der Waals surface area contributed by atoms with Crippen molar-refractivity contribution in [1.29, 1.82) is 0 Å². The molecule has 0 bridgehead atoms. The van der Waals surface area contributed by atoms with Gasteiger partial charge in [-0.25, -0.2) is 9.59 Å². The summed E-state index contributed by atoms with van der Waals surface area (Å²) in [7, 11) is 0. The molecule has 0 aliphatic heterocycles. The van der Waals surface area contributed by atoms with Crippen LogP contribution in [0.1, 0.15) is 37.0 Å². The third-order valence-corrected chi connectivity index (χ3v) is 6.71. The monoisotopic (exact) mass is 579 g/mol. The Morgan fingerprint density at radius 2 is 1.51 bits per heavy atom. The Balaban J connectivity index is 1.77. The second-order valence-corrected chi connectivity index (χ2v) is 10.8. The molecule has 0 aromatic heterocycles. The second-order valence-electron chi connectivity index (χ2n) is 10.4. The van der Waals surface area contributed by atoms with Crippen molar-refractivity contribution in [1.82, 2.24) is 15.5 Å². The van der Waals surface area contributed by atoms with Crippen LogP contribution in [0.15, 0.2) is 84.9 Å². The van der Waals surface area contributed by atoms with Gasteiger partial charge >= 0.3 is 12.1 Å². The van der Waals surface area contributed by atoms with Crippen molar-refractivity contribution in [3.63, 3.8) is 0 Å². The van der Waals surface area contributed by atoms with E-state index in [0.717, 1.165) is 23.0 Å². The molecule has 0 saturated carbocycles. The van der Waals surface area contributed by atoms with Gasteiger partial charge in [0.15, 0.2) is 0 Å². The molecule has 0 aliphatic rings. The van der Waals surface area contributed by atoms with E-state index in [1.54, 1.807) is 24.3 Å². The Morgan fingerprint density at radius 3 is 2.10 bits per heavy atom. The van der Waals surface area contributed by atoms with Gasteiger partial charge in [-0.1, -0.05) is 98.2 Å². The third-order valence-electron chi connectivity index (χ3n) is 6.46. The first kappa shape index (κ1) is 31.6. The molecule has 0 spiro atoms. The van der Waals surface area contributed by atoms with Crippen LogP contribution in [0.2, 0.25) is 5.02 Å². The van der Waals surface area contributed by atoms with Crippen LogP contribution < -0.4 is 10.6 Å². The van der Waals surface area contributed by atoms with Gasteiger partial charge in [-0.05, 0) is 47.6 Å². The zero-order valence-corrected chi connectivity index (χ0v) is 24.2. The number of amides is 3. The number of alkyl carbamates (subject to hydrolysis) is 1. The number of carbonyl (C=O) groups is 3. The van der Waals surface area contributed by atoms with E-state index < -0.39 is 30.3 Å². The fourth-order valence-corrected chi connectivity index (χ4v) is 4.48. The molecule has 3 aromatic rings. The van der Waals surface area contributed by atoms with Gasteiger partial charge < -0.3 is 30.2 Å². The van der Waals surface area contributed by atoms with Crippen LogP contribution in [0.4, 0.5) is 9.59 Å². The van der Waals surface area contributed by atoms with E-state index in [0.29, 0.717) is 17.9 Å². The predicted molar refractivity (Wildman–Crippen MR) is 159 cm³/mol. The lowest BCUT2D eigenvalue weighted by atomic mass is 10.0. The normalized spacial score (nSPS) is 13.1. The van der Waals surface area contributed by atoms with Gasteiger partial charge in [0.1, 0.15) is 12.9 Å². The Hall–Kier alpha value is -3.88.